The van der Waals surface area contributed by atoms with Crippen LogP contribution >= 0.6 is 0 Å². The number of hydrogen-bond donors (Lipinski definition) is 2. The molecule has 1 aliphatic carbocycles. The van der Waals surface area contributed by atoms with E-state index in [1.54, 1.807) is 0 Å². The number of aryl methyl sites for hydroxylation is 1. The molecule has 0 bridgehead atoms. The average molecular weight is 248 g/mol. The first-order valence-electron chi connectivity index (χ1n) is 6.38. The molecule has 4 heteroatoms. The number of carbonyl (C=O) groups is 1. The van der Waals surface area contributed by atoms with Crippen molar-refractivity contribution < 1.29 is 9.53 Å². The van der Waals surface area contributed by atoms with Crippen molar-refractivity contribution in [2.75, 3.05) is 19.0 Å². The van der Waals surface area contributed by atoms with Gasteiger partial charge in [0.25, 0.3) is 0 Å². The summed E-state index contributed by atoms with van der Waals surface area (Å²) in [5, 5.41) is 2.91. The Hall–Kier alpha value is -1.39. The molecule has 0 spiro atoms. The Morgan fingerprint density at radius 3 is 3.00 bits per heavy atom. The second kappa shape index (κ2) is 5.98. The van der Waals surface area contributed by atoms with Gasteiger partial charge in [0.15, 0.2) is 0 Å². The van der Waals surface area contributed by atoms with Gasteiger partial charge in [-0.3, -0.25) is 4.79 Å². The van der Waals surface area contributed by atoms with Crippen molar-refractivity contribution in [1.29, 1.82) is 0 Å². The molecule has 1 unspecified atom stereocenters. The van der Waals surface area contributed by atoms with E-state index in [4.69, 9.17) is 10.5 Å². The third-order valence-electron chi connectivity index (χ3n) is 3.34. The Morgan fingerprint density at radius 1 is 1.44 bits per heavy atom. The molecule has 0 radical (unpaired) electrons. The van der Waals surface area contributed by atoms with Crippen LogP contribution in [0.2, 0.25) is 0 Å². The Kier molecular flexibility index (Phi) is 4.33. The van der Waals surface area contributed by atoms with Gasteiger partial charge in [-0.2, -0.15) is 0 Å². The lowest BCUT2D eigenvalue weighted by molar-refractivity contribution is -0.118. The number of carbonyl (C=O) groups excluding carboxylic acids is 1. The highest BCUT2D eigenvalue weighted by Gasteiger charge is 2.17. The Bertz CT molecular complexity index is 432. The zero-order valence-electron chi connectivity index (χ0n) is 10.7. The van der Waals surface area contributed by atoms with Gasteiger partial charge in [-0.05, 0) is 42.9 Å². The predicted molar refractivity (Wildman–Crippen MR) is 71.6 cm³/mol. The molecule has 1 atom stereocenters. The number of methoxy groups -OCH3 is 1. The van der Waals surface area contributed by atoms with E-state index >= 15 is 0 Å². The zero-order chi connectivity index (χ0) is 13.0. The van der Waals surface area contributed by atoms with E-state index in [2.05, 4.69) is 11.4 Å². The number of hydrogen-bond acceptors (Lipinski definition) is 3. The van der Waals surface area contributed by atoms with Crippen LogP contribution in [0, 0.1) is 0 Å². The maximum Gasteiger partial charge on any atom is 0.243 e. The topological polar surface area (TPSA) is 64.3 Å². The second-order valence-corrected chi connectivity index (χ2v) is 4.70. The van der Waals surface area contributed by atoms with Crippen molar-refractivity contribution in [3.63, 3.8) is 0 Å². The summed E-state index contributed by atoms with van der Waals surface area (Å²) in [6.45, 7) is 0.237. The van der Waals surface area contributed by atoms with E-state index in [0.29, 0.717) is 0 Å². The smallest absolute Gasteiger partial charge is 0.243 e. The Balaban J connectivity index is 2.12. The van der Waals surface area contributed by atoms with Gasteiger partial charge in [-0.1, -0.05) is 12.1 Å². The molecule has 98 valence electrons. The first kappa shape index (κ1) is 13.1. The molecule has 0 heterocycles. The highest BCUT2D eigenvalue weighted by atomic mass is 16.5. The van der Waals surface area contributed by atoms with Gasteiger partial charge in [0.05, 0.1) is 6.61 Å². The summed E-state index contributed by atoms with van der Waals surface area (Å²) < 4.78 is 4.89. The summed E-state index contributed by atoms with van der Waals surface area (Å²) in [5.74, 6) is -0.184. The monoisotopic (exact) mass is 248 g/mol. The van der Waals surface area contributed by atoms with E-state index in [9.17, 15) is 4.79 Å². The van der Waals surface area contributed by atoms with Crippen molar-refractivity contribution in [3.05, 3.63) is 29.3 Å². The van der Waals surface area contributed by atoms with Crippen LogP contribution in [0.3, 0.4) is 0 Å². The van der Waals surface area contributed by atoms with Crippen LogP contribution < -0.4 is 11.1 Å². The van der Waals surface area contributed by atoms with Crippen LogP contribution in [0.5, 0.6) is 0 Å². The summed E-state index contributed by atoms with van der Waals surface area (Å²) in [6, 6.07) is 5.46. The summed E-state index contributed by atoms with van der Waals surface area (Å²) in [4.78, 5) is 11.9. The van der Waals surface area contributed by atoms with Gasteiger partial charge in [-0.15, -0.1) is 0 Å². The van der Waals surface area contributed by atoms with Crippen LogP contribution in [0.4, 0.5) is 5.69 Å². The number of nitrogens with two attached hydrogens (primary N) is 1. The van der Waals surface area contributed by atoms with Crippen LogP contribution in [0.25, 0.3) is 0 Å². The lowest BCUT2D eigenvalue weighted by atomic mass is 9.90. The SMILES string of the molecule is COCC(N)C(=O)Nc1cccc2c1CCCC2. The molecule has 0 fully saturated rings. The minimum atomic E-state index is -0.616. The summed E-state index contributed by atoms with van der Waals surface area (Å²) in [5.41, 5.74) is 9.23. The van der Waals surface area contributed by atoms with Gasteiger partial charge in [0, 0.05) is 12.8 Å². The van der Waals surface area contributed by atoms with Gasteiger partial charge in [0.2, 0.25) is 5.91 Å². The van der Waals surface area contributed by atoms with Crippen LogP contribution in [0.1, 0.15) is 24.0 Å². The maximum absolute atomic E-state index is 11.9. The number of nitrogens with one attached hydrogen (secondary N) is 1. The minimum absolute atomic E-state index is 0.184. The molecule has 2 rings (SSSR count). The molecule has 0 aromatic heterocycles. The van der Waals surface area contributed by atoms with Crippen LogP contribution in [0.15, 0.2) is 18.2 Å². The number of amides is 1. The fourth-order valence-electron chi connectivity index (χ4n) is 2.38. The Morgan fingerprint density at radius 2 is 2.22 bits per heavy atom. The van der Waals surface area contributed by atoms with Crippen molar-refractivity contribution in [3.8, 4) is 0 Å². The van der Waals surface area contributed by atoms with E-state index in [1.807, 2.05) is 12.1 Å². The Labute approximate surface area is 108 Å². The number of ether oxygens (including phenoxy) is 1. The zero-order valence-corrected chi connectivity index (χ0v) is 10.7. The molecule has 0 saturated carbocycles. The summed E-state index contributed by atoms with van der Waals surface area (Å²) in [7, 11) is 1.54. The number of fused-ring (bicyclic) bond motifs is 1. The van der Waals surface area contributed by atoms with Gasteiger partial charge in [0.1, 0.15) is 6.04 Å². The number of benzene rings is 1. The normalized spacial score (nSPS) is 15.9. The van der Waals surface area contributed by atoms with Crippen LogP contribution in [-0.4, -0.2) is 25.7 Å². The second-order valence-electron chi connectivity index (χ2n) is 4.70. The average Bonchev–Trinajstić information content (AvgIpc) is 2.39. The highest BCUT2D eigenvalue weighted by Crippen LogP contribution is 2.27. The molecular weight excluding hydrogens is 228 g/mol. The quantitative estimate of drug-likeness (QED) is 0.848. The van der Waals surface area contributed by atoms with E-state index in [0.717, 1.165) is 18.5 Å². The van der Waals surface area contributed by atoms with E-state index in [-0.39, 0.29) is 12.5 Å². The van der Waals surface area contributed by atoms with Crippen molar-refractivity contribution in [1.82, 2.24) is 0 Å². The molecule has 1 aromatic rings. The fraction of sp³-hybridized carbons (Fsp3) is 0.500. The van der Waals surface area contributed by atoms with E-state index in [1.165, 1.54) is 31.1 Å². The lowest BCUT2D eigenvalue weighted by Crippen LogP contribution is -2.39. The van der Waals surface area contributed by atoms with Crippen LogP contribution in [-0.2, 0) is 22.4 Å². The minimum Gasteiger partial charge on any atom is -0.383 e. The fourth-order valence-corrected chi connectivity index (χ4v) is 2.38. The van der Waals surface area contributed by atoms with Gasteiger partial charge in [-0.25, -0.2) is 0 Å². The summed E-state index contributed by atoms with van der Waals surface area (Å²) in [6.07, 6.45) is 4.55. The predicted octanol–water partition coefficient (Wildman–Crippen LogP) is 1.48. The standard InChI is InChI=1S/C14H20N2O2/c1-18-9-12(15)14(17)16-13-8-4-6-10-5-2-3-7-11(10)13/h4,6,8,12H,2-3,5,7,9,15H2,1H3,(H,16,17). The third-order valence-corrected chi connectivity index (χ3v) is 3.34. The van der Waals surface area contributed by atoms with Crippen molar-refractivity contribution in [2.24, 2.45) is 5.73 Å². The molecule has 0 saturated heterocycles. The molecule has 18 heavy (non-hydrogen) atoms. The molecule has 0 aliphatic heterocycles. The number of anilines is 1. The summed E-state index contributed by atoms with van der Waals surface area (Å²) >= 11 is 0. The molecule has 3 N–H and O–H groups in total. The van der Waals surface area contributed by atoms with E-state index < -0.39 is 6.04 Å². The molecule has 1 amide bonds. The van der Waals surface area contributed by atoms with Gasteiger partial charge < -0.3 is 15.8 Å². The van der Waals surface area contributed by atoms with Gasteiger partial charge >= 0.3 is 0 Å². The third kappa shape index (κ3) is 2.89. The first-order valence-corrected chi connectivity index (χ1v) is 6.38. The highest BCUT2D eigenvalue weighted by molar-refractivity contribution is 5.95. The first-order chi connectivity index (χ1) is 8.72. The largest absolute Gasteiger partial charge is 0.383 e. The number of rotatable bonds is 4. The maximum atomic E-state index is 11.9. The molecule has 1 aliphatic rings. The van der Waals surface area contributed by atoms with Crippen molar-refractivity contribution in [2.45, 2.75) is 31.7 Å². The molecular formula is C14H20N2O2. The molecule has 1 aromatic carbocycles. The lowest BCUT2D eigenvalue weighted by Gasteiger charge is -2.20. The molecule has 4 nitrogen and oxygen atoms in total. The van der Waals surface area contributed by atoms with Crippen molar-refractivity contribution >= 4 is 11.6 Å².